The summed E-state index contributed by atoms with van der Waals surface area (Å²) >= 11 is 8.75. The number of piperazine rings is 1. The van der Waals surface area contributed by atoms with E-state index in [0.717, 1.165) is 0 Å². The molecule has 2 rings (SSSR count). The van der Waals surface area contributed by atoms with Crippen LogP contribution in [-0.4, -0.2) is 59.6 Å². The summed E-state index contributed by atoms with van der Waals surface area (Å²) in [6.07, 6.45) is 0.420. The van der Waals surface area contributed by atoms with Crippen LogP contribution in [0.3, 0.4) is 0 Å². The maximum absolute atomic E-state index is 12.9. The lowest BCUT2D eigenvalue weighted by atomic mass is 10.1. The van der Waals surface area contributed by atoms with Crippen LogP contribution in [0.15, 0.2) is 22.7 Å². The third-order valence-electron chi connectivity index (χ3n) is 4.19. The molecule has 0 bridgehead atoms. The van der Waals surface area contributed by atoms with Gasteiger partial charge in [-0.1, -0.05) is 22.9 Å². The molecule has 0 saturated carbocycles. The molecule has 1 aliphatic rings. The number of halogens is 1. The van der Waals surface area contributed by atoms with Crippen LogP contribution in [0.5, 0.6) is 5.75 Å². The Labute approximate surface area is 189 Å². The number of benzene rings is 1. The molecule has 30 heavy (non-hydrogen) atoms. The number of hydrogen-bond acceptors (Lipinski definition) is 6. The van der Waals surface area contributed by atoms with E-state index in [1.807, 2.05) is 20.8 Å². The Kier molecular flexibility index (Phi) is 9.04. The molecule has 8 nitrogen and oxygen atoms in total. The van der Waals surface area contributed by atoms with Crippen LogP contribution >= 0.6 is 28.1 Å². The molecule has 1 atom stereocenters. The van der Waals surface area contributed by atoms with Crippen molar-refractivity contribution in [2.75, 3.05) is 19.7 Å². The smallest absolute Gasteiger partial charge is 0.308 e. The fourth-order valence-corrected chi connectivity index (χ4v) is 3.54. The molecule has 164 valence electrons. The van der Waals surface area contributed by atoms with Crippen LogP contribution in [0.25, 0.3) is 0 Å². The SMILES string of the molecule is CCCOC(=O)CC1C(=O)NCCN1C(=S)NC(=O)c1cc(Br)ccc1OC(C)C. The average Bonchev–Trinajstić information content (AvgIpc) is 2.68. The van der Waals surface area contributed by atoms with Crippen molar-refractivity contribution >= 4 is 51.0 Å². The summed E-state index contributed by atoms with van der Waals surface area (Å²) in [6.45, 7) is 6.62. The molecule has 2 N–H and O–H groups in total. The zero-order valence-corrected chi connectivity index (χ0v) is 19.6. The largest absolute Gasteiger partial charge is 0.490 e. The van der Waals surface area contributed by atoms with E-state index in [2.05, 4.69) is 26.6 Å². The Balaban J connectivity index is 2.14. The summed E-state index contributed by atoms with van der Waals surface area (Å²) < 4.78 is 11.5. The maximum atomic E-state index is 12.9. The number of thiocarbonyl (C=S) groups is 1. The first-order chi connectivity index (χ1) is 14.2. The Morgan fingerprint density at radius 2 is 2.13 bits per heavy atom. The zero-order chi connectivity index (χ0) is 22.3. The predicted molar refractivity (Wildman–Crippen MR) is 119 cm³/mol. The van der Waals surface area contributed by atoms with E-state index in [1.165, 1.54) is 0 Å². The third-order valence-corrected chi connectivity index (χ3v) is 5.02. The molecule has 0 aromatic heterocycles. The van der Waals surface area contributed by atoms with Crippen molar-refractivity contribution in [1.82, 2.24) is 15.5 Å². The molecule has 1 fully saturated rings. The Bertz CT molecular complexity index is 818. The van der Waals surface area contributed by atoms with Gasteiger partial charge in [0.1, 0.15) is 11.8 Å². The number of nitrogens with zero attached hydrogens (tertiary/aromatic N) is 1. The van der Waals surface area contributed by atoms with Gasteiger partial charge in [0.2, 0.25) is 5.91 Å². The molecule has 1 aromatic rings. The normalized spacial score (nSPS) is 16.1. The number of esters is 1. The summed E-state index contributed by atoms with van der Waals surface area (Å²) in [5, 5.41) is 5.44. The van der Waals surface area contributed by atoms with E-state index < -0.39 is 17.9 Å². The zero-order valence-electron chi connectivity index (χ0n) is 17.2. The van der Waals surface area contributed by atoms with Gasteiger partial charge < -0.3 is 19.7 Å². The van der Waals surface area contributed by atoms with Gasteiger partial charge in [-0.05, 0) is 50.7 Å². The van der Waals surface area contributed by atoms with Crippen LogP contribution in [0, 0.1) is 0 Å². The van der Waals surface area contributed by atoms with Crippen molar-refractivity contribution in [1.29, 1.82) is 0 Å². The van der Waals surface area contributed by atoms with E-state index in [4.69, 9.17) is 21.7 Å². The summed E-state index contributed by atoms with van der Waals surface area (Å²) in [5.41, 5.74) is 0.306. The van der Waals surface area contributed by atoms with E-state index in [9.17, 15) is 14.4 Å². The van der Waals surface area contributed by atoms with Crippen molar-refractivity contribution in [3.05, 3.63) is 28.2 Å². The van der Waals surface area contributed by atoms with E-state index >= 15 is 0 Å². The van der Waals surface area contributed by atoms with Crippen LogP contribution < -0.4 is 15.4 Å². The Morgan fingerprint density at radius 1 is 1.40 bits per heavy atom. The van der Waals surface area contributed by atoms with Gasteiger partial charge in [-0.3, -0.25) is 19.7 Å². The number of ether oxygens (including phenoxy) is 2. The van der Waals surface area contributed by atoms with Crippen molar-refractivity contribution < 1.29 is 23.9 Å². The lowest BCUT2D eigenvalue weighted by Crippen LogP contribution is -2.60. The van der Waals surface area contributed by atoms with Gasteiger partial charge in [-0.2, -0.15) is 0 Å². The summed E-state index contributed by atoms with van der Waals surface area (Å²) in [5.74, 6) is -0.866. The van der Waals surface area contributed by atoms with Crippen LogP contribution in [0.1, 0.15) is 44.0 Å². The highest BCUT2D eigenvalue weighted by Gasteiger charge is 2.34. The molecule has 0 radical (unpaired) electrons. The van der Waals surface area contributed by atoms with E-state index in [0.29, 0.717) is 35.3 Å². The van der Waals surface area contributed by atoms with Gasteiger partial charge in [0.05, 0.1) is 24.7 Å². The molecule has 1 unspecified atom stereocenters. The average molecular weight is 500 g/mol. The molecule has 1 heterocycles. The van der Waals surface area contributed by atoms with Crippen molar-refractivity contribution in [3.8, 4) is 5.75 Å². The highest BCUT2D eigenvalue weighted by molar-refractivity contribution is 9.10. The Morgan fingerprint density at radius 3 is 2.80 bits per heavy atom. The Hall–Kier alpha value is -2.20. The number of amides is 2. The van der Waals surface area contributed by atoms with Crippen molar-refractivity contribution in [2.45, 2.75) is 45.8 Å². The van der Waals surface area contributed by atoms with Gasteiger partial charge in [0.25, 0.3) is 5.91 Å². The molecule has 2 amide bonds. The quantitative estimate of drug-likeness (QED) is 0.439. The van der Waals surface area contributed by atoms with Crippen LogP contribution in [-0.2, 0) is 14.3 Å². The predicted octanol–water partition coefficient (Wildman–Crippen LogP) is 2.39. The second-order valence-electron chi connectivity index (χ2n) is 6.99. The lowest BCUT2D eigenvalue weighted by Gasteiger charge is -2.36. The molecule has 10 heteroatoms. The molecular weight excluding hydrogens is 474 g/mol. The molecule has 1 saturated heterocycles. The minimum Gasteiger partial charge on any atom is -0.490 e. The summed E-state index contributed by atoms with van der Waals surface area (Å²) in [7, 11) is 0. The highest BCUT2D eigenvalue weighted by atomic mass is 79.9. The standard InChI is InChI=1S/C20H26BrN3O5S/c1-4-9-28-17(25)11-15-19(27)22-7-8-24(15)20(30)23-18(26)14-10-13(21)5-6-16(14)29-12(2)3/h5-6,10,12,15H,4,7-9,11H2,1-3H3,(H,22,27)(H,23,26,30). The van der Waals surface area contributed by atoms with Crippen molar-refractivity contribution in [3.63, 3.8) is 0 Å². The lowest BCUT2D eigenvalue weighted by molar-refractivity contribution is -0.147. The van der Waals surface area contributed by atoms with Crippen LogP contribution in [0.2, 0.25) is 0 Å². The van der Waals surface area contributed by atoms with Gasteiger partial charge in [0, 0.05) is 17.6 Å². The first-order valence-corrected chi connectivity index (χ1v) is 10.9. The molecule has 1 aliphatic heterocycles. The first kappa shape index (κ1) is 24.1. The first-order valence-electron chi connectivity index (χ1n) is 9.74. The monoisotopic (exact) mass is 499 g/mol. The molecule has 1 aromatic carbocycles. The van der Waals surface area contributed by atoms with E-state index in [-0.39, 0.29) is 30.2 Å². The second-order valence-corrected chi connectivity index (χ2v) is 8.29. The minimum absolute atomic E-state index is 0.0682. The topological polar surface area (TPSA) is 97.0 Å². The van der Waals surface area contributed by atoms with Crippen molar-refractivity contribution in [2.24, 2.45) is 0 Å². The number of carbonyl (C=O) groups is 3. The van der Waals surface area contributed by atoms with Gasteiger partial charge >= 0.3 is 5.97 Å². The third kappa shape index (κ3) is 6.66. The minimum atomic E-state index is -0.843. The number of hydrogen-bond donors (Lipinski definition) is 2. The summed E-state index contributed by atoms with van der Waals surface area (Å²) in [4.78, 5) is 38.8. The summed E-state index contributed by atoms with van der Waals surface area (Å²) in [6, 6.07) is 4.27. The number of nitrogens with one attached hydrogen (secondary N) is 2. The maximum Gasteiger partial charge on any atom is 0.308 e. The van der Waals surface area contributed by atoms with E-state index in [1.54, 1.807) is 23.1 Å². The molecule has 0 spiro atoms. The highest BCUT2D eigenvalue weighted by Crippen LogP contribution is 2.24. The number of rotatable bonds is 7. The molecule has 0 aliphatic carbocycles. The van der Waals surface area contributed by atoms with Gasteiger partial charge in [0.15, 0.2) is 5.11 Å². The van der Waals surface area contributed by atoms with Gasteiger partial charge in [-0.15, -0.1) is 0 Å². The molecular formula is C20H26BrN3O5S. The van der Waals surface area contributed by atoms with Crippen LogP contribution in [0.4, 0.5) is 0 Å². The van der Waals surface area contributed by atoms with Gasteiger partial charge in [-0.25, -0.2) is 0 Å². The second kappa shape index (κ2) is 11.3. The number of carbonyl (C=O) groups excluding carboxylic acids is 3. The fourth-order valence-electron chi connectivity index (χ4n) is 2.87. The fraction of sp³-hybridized carbons (Fsp3) is 0.500.